The van der Waals surface area contributed by atoms with Crippen LogP contribution in [-0.2, 0) is 0 Å². The summed E-state index contributed by atoms with van der Waals surface area (Å²) >= 11 is 5.64. The summed E-state index contributed by atoms with van der Waals surface area (Å²) in [4.78, 5) is 14.4. The molecule has 0 aromatic heterocycles. The van der Waals surface area contributed by atoms with Crippen molar-refractivity contribution < 1.29 is 4.79 Å². The summed E-state index contributed by atoms with van der Waals surface area (Å²) < 4.78 is 1.92. The van der Waals surface area contributed by atoms with Gasteiger partial charge >= 0.3 is 0 Å². The number of hydrogen-bond acceptors (Lipinski definition) is 2. The predicted octanol–water partition coefficient (Wildman–Crippen LogP) is 2.88. The minimum absolute atomic E-state index is 0.000640. The Morgan fingerprint density at radius 1 is 1.61 bits per heavy atom. The summed E-state index contributed by atoms with van der Waals surface area (Å²) in [7, 11) is 2.12. The first-order chi connectivity index (χ1) is 8.58. The molecule has 1 atom stereocenters. The van der Waals surface area contributed by atoms with Crippen molar-refractivity contribution >= 4 is 44.4 Å². The highest BCUT2D eigenvalue weighted by atomic mass is 127. The fraction of sp³-hybridized carbons (Fsp3) is 0.462. The average molecular weight is 423 g/mol. The van der Waals surface area contributed by atoms with E-state index in [9.17, 15) is 4.79 Å². The zero-order valence-electron chi connectivity index (χ0n) is 10.2. The zero-order valence-corrected chi connectivity index (χ0v) is 14.0. The standard InChI is InChI=1S/C13H16BrIN2O/c1-17-6-2-3-10(17)8-16-13(18)11-7-9(15)4-5-12(11)14/h4-5,7,10H,2-3,6,8H2,1H3,(H,16,18). The molecule has 1 heterocycles. The van der Waals surface area contributed by atoms with Gasteiger partial charge in [-0.05, 0) is 83.2 Å². The Kier molecular flexibility index (Phi) is 5.03. The molecule has 1 unspecified atom stereocenters. The molecule has 1 N–H and O–H groups in total. The highest BCUT2D eigenvalue weighted by Gasteiger charge is 2.21. The second-order valence-electron chi connectivity index (χ2n) is 4.61. The number of likely N-dealkylation sites (tertiary alicyclic amines) is 1. The Labute approximate surface area is 130 Å². The molecule has 18 heavy (non-hydrogen) atoms. The van der Waals surface area contributed by atoms with E-state index in [1.54, 1.807) is 0 Å². The molecule has 0 spiro atoms. The van der Waals surface area contributed by atoms with Crippen molar-refractivity contribution in [3.63, 3.8) is 0 Å². The Bertz CT molecular complexity index is 453. The maximum Gasteiger partial charge on any atom is 0.252 e. The summed E-state index contributed by atoms with van der Waals surface area (Å²) in [5.41, 5.74) is 0.711. The van der Waals surface area contributed by atoms with Crippen LogP contribution in [0.1, 0.15) is 23.2 Å². The Balaban J connectivity index is 1.97. The van der Waals surface area contributed by atoms with Gasteiger partial charge in [-0.3, -0.25) is 4.79 Å². The molecule has 2 rings (SSSR count). The third-order valence-electron chi connectivity index (χ3n) is 3.34. The predicted molar refractivity (Wildman–Crippen MR) is 84.8 cm³/mol. The highest BCUT2D eigenvalue weighted by molar-refractivity contribution is 14.1. The van der Waals surface area contributed by atoms with Gasteiger partial charge in [-0.25, -0.2) is 0 Å². The number of nitrogens with one attached hydrogen (secondary N) is 1. The van der Waals surface area contributed by atoms with E-state index in [2.05, 4.69) is 55.8 Å². The highest BCUT2D eigenvalue weighted by Crippen LogP contribution is 2.20. The van der Waals surface area contributed by atoms with Crippen LogP contribution in [-0.4, -0.2) is 37.0 Å². The molecule has 1 amide bonds. The van der Waals surface area contributed by atoms with Gasteiger partial charge in [0.25, 0.3) is 5.91 Å². The van der Waals surface area contributed by atoms with Crippen molar-refractivity contribution in [1.82, 2.24) is 10.2 Å². The van der Waals surface area contributed by atoms with Crippen LogP contribution in [0.3, 0.4) is 0 Å². The quantitative estimate of drug-likeness (QED) is 0.759. The Hall–Kier alpha value is -0.140. The van der Waals surface area contributed by atoms with E-state index in [0.29, 0.717) is 11.6 Å². The number of carbonyl (C=O) groups excluding carboxylic acids is 1. The number of nitrogens with zero attached hydrogens (tertiary/aromatic N) is 1. The number of rotatable bonds is 3. The van der Waals surface area contributed by atoms with Gasteiger partial charge in [-0.2, -0.15) is 0 Å². The molecule has 1 fully saturated rings. The van der Waals surface area contributed by atoms with E-state index < -0.39 is 0 Å². The average Bonchev–Trinajstić information content (AvgIpc) is 2.75. The molecule has 0 aliphatic carbocycles. The van der Waals surface area contributed by atoms with E-state index in [0.717, 1.165) is 21.1 Å². The lowest BCUT2D eigenvalue weighted by Gasteiger charge is -2.19. The lowest BCUT2D eigenvalue weighted by Crippen LogP contribution is -2.38. The number of amides is 1. The van der Waals surface area contributed by atoms with Crippen molar-refractivity contribution in [2.24, 2.45) is 0 Å². The molecular weight excluding hydrogens is 407 g/mol. The third-order valence-corrected chi connectivity index (χ3v) is 4.71. The van der Waals surface area contributed by atoms with Crippen molar-refractivity contribution in [2.75, 3.05) is 20.1 Å². The summed E-state index contributed by atoms with van der Waals surface area (Å²) in [5.74, 6) is 0.000640. The summed E-state index contributed by atoms with van der Waals surface area (Å²) in [6.07, 6.45) is 2.40. The van der Waals surface area contributed by atoms with E-state index in [1.807, 2.05) is 18.2 Å². The molecule has 0 saturated carbocycles. The number of benzene rings is 1. The SMILES string of the molecule is CN1CCCC1CNC(=O)c1cc(I)ccc1Br. The van der Waals surface area contributed by atoms with Gasteiger partial charge in [0.2, 0.25) is 0 Å². The Morgan fingerprint density at radius 3 is 3.06 bits per heavy atom. The monoisotopic (exact) mass is 422 g/mol. The van der Waals surface area contributed by atoms with Crippen LogP contribution in [0.2, 0.25) is 0 Å². The Morgan fingerprint density at radius 2 is 2.39 bits per heavy atom. The second kappa shape index (κ2) is 6.34. The molecular formula is C13H16BrIN2O. The lowest BCUT2D eigenvalue weighted by molar-refractivity contribution is 0.0943. The second-order valence-corrected chi connectivity index (χ2v) is 6.71. The molecule has 5 heteroatoms. The lowest BCUT2D eigenvalue weighted by atomic mass is 10.2. The minimum atomic E-state index is 0.000640. The van der Waals surface area contributed by atoms with E-state index in [4.69, 9.17) is 0 Å². The molecule has 0 bridgehead atoms. The minimum Gasteiger partial charge on any atom is -0.350 e. The van der Waals surface area contributed by atoms with Crippen LogP contribution in [0.5, 0.6) is 0 Å². The van der Waals surface area contributed by atoms with Gasteiger partial charge in [0.05, 0.1) is 5.56 Å². The van der Waals surface area contributed by atoms with Crippen molar-refractivity contribution in [3.05, 3.63) is 31.8 Å². The van der Waals surface area contributed by atoms with Gasteiger partial charge in [0, 0.05) is 20.6 Å². The van der Waals surface area contributed by atoms with Gasteiger partial charge < -0.3 is 10.2 Å². The van der Waals surface area contributed by atoms with E-state index >= 15 is 0 Å². The molecule has 1 aliphatic rings. The molecule has 0 radical (unpaired) electrons. The fourth-order valence-electron chi connectivity index (χ4n) is 2.21. The van der Waals surface area contributed by atoms with Crippen LogP contribution < -0.4 is 5.32 Å². The molecule has 1 aromatic carbocycles. The maximum atomic E-state index is 12.1. The normalized spacial score (nSPS) is 20.1. The van der Waals surface area contributed by atoms with Gasteiger partial charge in [-0.15, -0.1) is 0 Å². The molecule has 1 aromatic rings. The fourth-order valence-corrected chi connectivity index (χ4v) is 3.13. The zero-order chi connectivity index (χ0) is 13.1. The van der Waals surface area contributed by atoms with Crippen molar-refractivity contribution in [1.29, 1.82) is 0 Å². The topological polar surface area (TPSA) is 32.3 Å². The van der Waals surface area contributed by atoms with Crippen LogP contribution >= 0.6 is 38.5 Å². The number of carbonyl (C=O) groups is 1. The van der Waals surface area contributed by atoms with Crippen LogP contribution in [0, 0.1) is 3.57 Å². The van der Waals surface area contributed by atoms with Gasteiger partial charge in [0.15, 0.2) is 0 Å². The first-order valence-corrected chi connectivity index (χ1v) is 7.88. The number of halogens is 2. The van der Waals surface area contributed by atoms with Crippen molar-refractivity contribution in [3.8, 4) is 0 Å². The first kappa shape index (κ1) is 14.3. The van der Waals surface area contributed by atoms with Crippen LogP contribution in [0.25, 0.3) is 0 Å². The van der Waals surface area contributed by atoms with Crippen LogP contribution in [0.4, 0.5) is 0 Å². The number of likely N-dealkylation sites (N-methyl/N-ethyl adjacent to an activating group) is 1. The largest absolute Gasteiger partial charge is 0.350 e. The van der Waals surface area contributed by atoms with Gasteiger partial charge in [0.1, 0.15) is 0 Å². The molecule has 1 saturated heterocycles. The van der Waals surface area contributed by atoms with E-state index in [-0.39, 0.29) is 5.91 Å². The molecule has 3 nitrogen and oxygen atoms in total. The van der Waals surface area contributed by atoms with Crippen molar-refractivity contribution in [2.45, 2.75) is 18.9 Å². The van der Waals surface area contributed by atoms with E-state index in [1.165, 1.54) is 12.8 Å². The molecule has 1 aliphatic heterocycles. The van der Waals surface area contributed by atoms with Gasteiger partial charge in [-0.1, -0.05) is 0 Å². The smallest absolute Gasteiger partial charge is 0.252 e. The summed E-state index contributed by atoms with van der Waals surface area (Å²) in [5, 5.41) is 3.03. The molecule has 98 valence electrons. The van der Waals surface area contributed by atoms with Crippen LogP contribution in [0.15, 0.2) is 22.7 Å². The third kappa shape index (κ3) is 3.45. The maximum absolute atomic E-state index is 12.1. The first-order valence-electron chi connectivity index (χ1n) is 6.01. The summed E-state index contributed by atoms with van der Waals surface area (Å²) in [6.45, 7) is 1.86. The number of hydrogen-bond donors (Lipinski definition) is 1. The summed E-state index contributed by atoms with van der Waals surface area (Å²) in [6, 6.07) is 6.28.